The first-order valence-electron chi connectivity index (χ1n) is 3.54. The maximum absolute atomic E-state index is 10.8. The Morgan fingerprint density at radius 1 is 1.54 bits per heavy atom. The van der Waals surface area contributed by atoms with Crippen LogP contribution in [-0.4, -0.2) is 31.8 Å². The first-order chi connectivity index (χ1) is 5.98. The van der Waals surface area contributed by atoms with Crippen molar-refractivity contribution in [1.82, 2.24) is 4.72 Å². The van der Waals surface area contributed by atoms with E-state index >= 15 is 0 Å². The van der Waals surface area contributed by atoms with E-state index in [2.05, 4.69) is 4.72 Å². The quantitative estimate of drug-likeness (QED) is 0.558. The van der Waals surface area contributed by atoms with E-state index in [0.29, 0.717) is 6.42 Å². The van der Waals surface area contributed by atoms with Crippen molar-refractivity contribution < 1.29 is 18.3 Å². The Hall–Kier alpha value is -1.13. The highest BCUT2D eigenvalue weighted by atomic mass is 32.2. The molecule has 0 spiro atoms. The summed E-state index contributed by atoms with van der Waals surface area (Å²) in [4.78, 5) is 10.0. The molecule has 13 heavy (non-hydrogen) atoms. The Morgan fingerprint density at radius 2 is 2.15 bits per heavy atom. The average Bonchev–Trinajstić information content (AvgIpc) is 1.95. The maximum Gasteiger partial charge on any atom is 0.320 e. The van der Waals surface area contributed by atoms with Crippen LogP contribution < -0.4 is 4.72 Å². The lowest BCUT2D eigenvalue weighted by Gasteiger charge is -2.01. The van der Waals surface area contributed by atoms with Crippen molar-refractivity contribution >= 4 is 16.0 Å². The highest BCUT2D eigenvalue weighted by Gasteiger charge is 2.13. The molecule has 0 atom stereocenters. The molecule has 0 saturated carbocycles. The van der Waals surface area contributed by atoms with Gasteiger partial charge < -0.3 is 5.11 Å². The molecule has 0 heterocycles. The monoisotopic (exact) mass is 206 g/mol. The molecular weight excluding hydrogens is 196 g/mol. The molecule has 0 aliphatic rings. The predicted octanol–water partition coefficient (Wildman–Crippen LogP) is -0.706. The lowest BCUT2D eigenvalue weighted by molar-refractivity contribution is -0.134. The van der Waals surface area contributed by atoms with Crippen molar-refractivity contribution in [2.75, 3.05) is 12.3 Å². The summed E-state index contributed by atoms with van der Waals surface area (Å²) >= 11 is 0. The smallest absolute Gasteiger partial charge is 0.320 e. The van der Waals surface area contributed by atoms with Crippen LogP contribution in [-0.2, 0) is 14.8 Å². The third-order valence-corrected chi connectivity index (χ3v) is 2.37. The van der Waals surface area contributed by atoms with Gasteiger partial charge in [0.2, 0.25) is 10.0 Å². The molecule has 0 bridgehead atoms. The number of sulfonamides is 1. The normalized spacial score (nSPS) is 10.7. The van der Waals surface area contributed by atoms with E-state index in [-0.39, 0.29) is 13.0 Å². The standard InChI is InChI=1S/C6H10N2O4S/c7-3-1-2-4-8-13(11,12)5-6(9)10/h8H,1-2,4-5H2,(H,9,10). The van der Waals surface area contributed by atoms with Crippen LogP contribution in [0.25, 0.3) is 0 Å². The minimum absolute atomic E-state index is 0.100. The van der Waals surface area contributed by atoms with Crippen molar-refractivity contribution in [1.29, 1.82) is 5.26 Å². The number of unbranched alkanes of at least 4 members (excludes halogenated alkanes) is 1. The second kappa shape index (κ2) is 5.50. The summed E-state index contributed by atoms with van der Waals surface area (Å²) in [6.07, 6.45) is 0.630. The van der Waals surface area contributed by atoms with Gasteiger partial charge >= 0.3 is 5.97 Å². The number of nitriles is 1. The van der Waals surface area contributed by atoms with Gasteiger partial charge in [0.25, 0.3) is 0 Å². The Kier molecular flexibility index (Phi) is 5.03. The highest BCUT2D eigenvalue weighted by molar-refractivity contribution is 7.90. The predicted molar refractivity (Wildman–Crippen MR) is 44.3 cm³/mol. The fraction of sp³-hybridized carbons (Fsp3) is 0.667. The molecule has 6 nitrogen and oxygen atoms in total. The van der Waals surface area contributed by atoms with Crippen molar-refractivity contribution in [3.8, 4) is 6.07 Å². The van der Waals surface area contributed by atoms with Gasteiger partial charge in [0.05, 0.1) is 6.07 Å². The van der Waals surface area contributed by atoms with Crippen LogP contribution in [0.2, 0.25) is 0 Å². The number of rotatable bonds is 6. The molecule has 0 aliphatic carbocycles. The summed E-state index contributed by atoms with van der Waals surface area (Å²) in [6, 6.07) is 1.84. The lowest BCUT2D eigenvalue weighted by atomic mass is 10.3. The number of nitrogens with zero attached hydrogens (tertiary/aromatic N) is 1. The van der Waals surface area contributed by atoms with Crippen molar-refractivity contribution in [2.24, 2.45) is 0 Å². The number of hydrogen-bond acceptors (Lipinski definition) is 4. The van der Waals surface area contributed by atoms with Gasteiger partial charge in [0.15, 0.2) is 5.75 Å². The molecule has 0 unspecified atom stereocenters. The Labute approximate surface area is 76.2 Å². The molecule has 0 radical (unpaired) electrons. The molecule has 0 aromatic carbocycles. The molecule has 0 aromatic rings. The van der Waals surface area contributed by atoms with Crippen LogP contribution in [0.3, 0.4) is 0 Å². The van der Waals surface area contributed by atoms with Crippen LogP contribution in [0.15, 0.2) is 0 Å². The fourth-order valence-corrected chi connectivity index (χ4v) is 1.49. The topological polar surface area (TPSA) is 107 Å². The Bertz CT molecular complexity index is 303. The zero-order valence-electron chi connectivity index (χ0n) is 6.86. The van der Waals surface area contributed by atoms with Crippen molar-refractivity contribution in [3.63, 3.8) is 0 Å². The molecule has 0 fully saturated rings. The van der Waals surface area contributed by atoms with Gasteiger partial charge in [0.1, 0.15) is 0 Å². The summed E-state index contributed by atoms with van der Waals surface area (Å²) in [7, 11) is -3.72. The van der Waals surface area contributed by atoms with Gasteiger partial charge in [-0.15, -0.1) is 0 Å². The van der Waals surface area contributed by atoms with Gasteiger partial charge in [-0.2, -0.15) is 5.26 Å². The molecule has 74 valence electrons. The second-order valence-electron chi connectivity index (χ2n) is 2.31. The van der Waals surface area contributed by atoms with E-state index in [9.17, 15) is 13.2 Å². The van der Waals surface area contributed by atoms with Gasteiger partial charge in [0, 0.05) is 13.0 Å². The molecule has 2 N–H and O–H groups in total. The van der Waals surface area contributed by atoms with Crippen LogP contribution in [0, 0.1) is 11.3 Å². The minimum Gasteiger partial charge on any atom is -0.480 e. The first-order valence-corrected chi connectivity index (χ1v) is 5.19. The summed E-state index contributed by atoms with van der Waals surface area (Å²) in [5, 5.41) is 16.3. The number of carboxylic acids is 1. The van der Waals surface area contributed by atoms with Crippen LogP contribution in [0.1, 0.15) is 12.8 Å². The average molecular weight is 206 g/mol. The summed E-state index contributed by atoms with van der Waals surface area (Å²) < 4.78 is 23.7. The van der Waals surface area contributed by atoms with E-state index in [4.69, 9.17) is 10.4 Å². The molecule has 0 rings (SSSR count). The summed E-state index contributed by atoms with van der Waals surface area (Å²) in [5.74, 6) is -2.33. The lowest BCUT2D eigenvalue weighted by Crippen LogP contribution is -2.30. The molecule has 7 heteroatoms. The number of carbonyl (C=O) groups is 1. The van der Waals surface area contributed by atoms with Crippen molar-refractivity contribution in [2.45, 2.75) is 12.8 Å². The van der Waals surface area contributed by atoms with E-state index in [1.807, 2.05) is 6.07 Å². The van der Waals surface area contributed by atoms with Crippen LogP contribution >= 0.6 is 0 Å². The van der Waals surface area contributed by atoms with Gasteiger partial charge in [-0.05, 0) is 6.42 Å². The maximum atomic E-state index is 10.8. The highest BCUT2D eigenvalue weighted by Crippen LogP contribution is 1.88. The molecule has 0 aromatic heterocycles. The molecular formula is C6H10N2O4S. The van der Waals surface area contributed by atoms with E-state index in [0.717, 1.165) is 0 Å². The Morgan fingerprint density at radius 3 is 2.62 bits per heavy atom. The van der Waals surface area contributed by atoms with E-state index < -0.39 is 21.7 Å². The fourth-order valence-electron chi connectivity index (χ4n) is 0.609. The zero-order valence-corrected chi connectivity index (χ0v) is 7.67. The summed E-state index contributed by atoms with van der Waals surface area (Å²) in [6.45, 7) is 0.100. The van der Waals surface area contributed by atoms with Crippen LogP contribution in [0.4, 0.5) is 0 Å². The van der Waals surface area contributed by atoms with E-state index in [1.165, 1.54) is 0 Å². The van der Waals surface area contributed by atoms with Crippen molar-refractivity contribution in [3.05, 3.63) is 0 Å². The molecule has 0 saturated heterocycles. The van der Waals surface area contributed by atoms with Crippen LogP contribution in [0.5, 0.6) is 0 Å². The third kappa shape index (κ3) is 7.24. The number of carboxylic acid groups (broad SMARTS) is 1. The summed E-state index contributed by atoms with van der Waals surface area (Å²) in [5.41, 5.74) is 0. The largest absolute Gasteiger partial charge is 0.480 e. The number of hydrogen-bond donors (Lipinski definition) is 2. The minimum atomic E-state index is -3.72. The number of aliphatic carboxylic acids is 1. The molecule has 0 amide bonds. The SMILES string of the molecule is N#CCCCNS(=O)(=O)CC(=O)O. The first kappa shape index (κ1) is 11.9. The zero-order chi connectivity index (χ0) is 10.3. The van der Waals surface area contributed by atoms with Gasteiger partial charge in [-0.25, -0.2) is 13.1 Å². The van der Waals surface area contributed by atoms with Gasteiger partial charge in [-0.3, -0.25) is 4.79 Å². The van der Waals surface area contributed by atoms with E-state index in [1.54, 1.807) is 0 Å². The second-order valence-corrected chi connectivity index (χ2v) is 4.12. The Balaban J connectivity index is 3.78. The molecule has 0 aliphatic heterocycles. The van der Waals surface area contributed by atoms with Gasteiger partial charge in [-0.1, -0.05) is 0 Å². The third-order valence-electron chi connectivity index (χ3n) is 1.10. The number of nitrogens with one attached hydrogen (secondary N) is 1.